The summed E-state index contributed by atoms with van der Waals surface area (Å²) < 4.78 is 0. The van der Waals surface area contributed by atoms with Crippen LogP contribution in [0.25, 0.3) is 0 Å². The molecule has 2 aliphatic rings. The molecule has 0 spiro atoms. The van der Waals surface area contributed by atoms with E-state index >= 15 is 0 Å². The SMILES string of the molecule is O=C(O)CC1(NC(=O)NC2CCCC2)CCCCC1. The molecule has 5 heteroatoms. The average Bonchev–Trinajstić information content (AvgIpc) is 2.81. The molecule has 2 fully saturated rings. The van der Waals surface area contributed by atoms with Gasteiger partial charge in [0.05, 0.1) is 12.0 Å². The lowest BCUT2D eigenvalue weighted by Crippen LogP contribution is -2.55. The number of carboxylic acids is 1. The smallest absolute Gasteiger partial charge is 0.315 e. The van der Waals surface area contributed by atoms with Crippen molar-refractivity contribution in [3.8, 4) is 0 Å². The number of hydrogen-bond acceptors (Lipinski definition) is 2. The van der Waals surface area contributed by atoms with Gasteiger partial charge in [-0.15, -0.1) is 0 Å². The molecule has 5 nitrogen and oxygen atoms in total. The van der Waals surface area contributed by atoms with E-state index in [4.69, 9.17) is 5.11 Å². The third kappa shape index (κ3) is 4.11. The maximum absolute atomic E-state index is 12.0. The van der Waals surface area contributed by atoms with Gasteiger partial charge in [-0.3, -0.25) is 4.79 Å². The predicted octanol–water partition coefficient (Wildman–Crippen LogP) is 2.41. The molecule has 108 valence electrons. The number of aliphatic carboxylic acids is 1. The van der Waals surface area contributed by atoms with Crippen LogP contribution in [0.1, 0.15) is 64.2 Å². The largest absolute Gasteiger partial charge is 0.481 e. The van der Waals surface area contributed by atoms with E-state index in [1.807, 2.05) is 0 Å². The number of carbonyl (C=O) groups is 2. The fourth-order valence-corrected chi connectivity index (χ4v) is 3.40. The van der Waals surface area contributed by atoms with Crippen LogP contribution < -0.4 is 10.6 Å². The topological polar surface area (TPSA) is 78.4 Å². The summed E-state index contributed by atoms with van der Waals surface area (Å²) in [7, 11) is 0. The van der Waals surface area contributed by atoms with Crippen molar-refractivity contribution in [1.29, 1.82) is 0 Å². The Morgan fingerprint density at radius 1 is 1.05 bits per heavy atom. The minimum Gasteiger partial charge on any atom is -0.481 e. The summed E-state index contributed by atoms with van der Waals surface area (Å²) >= 11 is 0. The van der Waals surface area contributed by atoms with Crippen molar-refractivity contribution >= 4 is 12.0 Å². The molecular formula is C14H24N2O3. The molecule has 0 aromatic carbocycles. The Morgan fingerprint density at radius 3 is 2.26 bits per heavy atom. The first-order valence-electron chi connectivity index (χ1n) is 7.40. The normalized spacial score (nSPS) is 22.9. The van der Waals surface area contributed by atoms with Gasteiger partial charge < -0.3 is 15.7 Å². The molecule has 0 saturated heterocycles. The van der Waals surface area contributed by atoms with Crippen LogP contribution in [0.3, 0.4) is 0 Å². The van der Waals surface area contributed by atoms with Gasteiger partial charge in [0.1, 0.15) is 0 Å². The molecule has 2 saturated carbocycles. The van der Waals surface area contributed by atoms with E-state index in [9.17, 15) is 9.59 Å². The molecule has 0 radical (unpaired) electrons. The molecule has 2 aliphatic carbocycles. The summed E-state index contributed by atoms with van der Waals surface area (Å²) in [6.07, 6.45) is 9.14. The van der Waals surface area contributed by atoms with Crippen molar-refractivity contribution in [3.63, 3.8) is 0 Å². The molecule has 0 aliphatic heterocycles. The highest BCUT2D eigenvalue weighted by Gasteiger charge is 2.36. The van der Waals surface area contributed by atoms with Gasteiger partial charge in [0.15, 0.2) is 0 Å². The second-order valence-corrected chi connectivity index (χ2v) is 5.99. The van der Waals surface area contributed by atoms with Crippen LogP contribution >= 0.6 is 0 Å². The summed E-state index contributed by atoms with van der Waals surface area (Å²) in [6.45, 7) is 0. The summed E-state index contributed by atoms with van der Waals surface area (Å²) in [6, 6.07) is 0.0838. The number of hydrogen-bond donors (Lipinski definition) is 3. The van der Waals surface area contributed by atoms with Crippen molar-refractivity contribution < 1.29 is 14.7 Å². The van der Waals surface area contributed by atoms with Crippen molar-refractivity contribution in [2.24, 2.45) is 0 Å². The summed E-state index contributed by atoms with van der Waals surface area (Å²) in [5.74, 6) is -0.830. The zero-order valence-electron chi connectivity index (χ0n) is 11.4. The second kappa shape index (κ2) is 6.26. The fraction of sp³-hybridized carbons (Fsp3) is 0.857. The number of carbonyl (C=O) groups excluding carboxylic acids is 1. The first-order valence-corrected chi connectivity index (χ1v) is 7.40. The van der Waals surface area contributed by atoms with Crippen LogP contribution in [0, 0.1) is 0 Å². The fourth-order valence-electron chi connectivity index (χ4n) is 3.40. The second-order valence-electron chi connectivity index (χ2n) is 5.99. The molecule has 3 N–H and O–H groups in total. The van der Waals surface area contributed by atoms with Crippen LogP contribution in [-0.4, -0.2) is 28.7 Å². The summed E-state index contributed by atoms with van der Waals surface area (Å²) in [5, 5.41) is 15.0. The molecule has 0 aromatic heterocycles. The van der Waals surface area contributed by atoms with E-state index in [2.05, 4.69) is 10.6 Å². The zero-order chi connectivity index (χ0) is 13.7. The lowest BCUT2D eigenvalue weighted by molar-refractivity contribution is -0.139. The lowest BCUT2D eigenvalue weighted by atomic mass is 9.79. The molecule has 0 bridgehead atoms. The predicted molar refractivity (Wildman–Crippen MR) is 72.0 cm³/mol. The summed E-state index contributed by atoms with van der Waals surface area (Å²) in [5.41, 5.74) is -0.535. The minimum atomic E-state index is -0.830. The first-order chi connectivity index (χ1) is 9.10. The Bertz CT molecular complexity index is 332. The molecule has 2 amide bonds. The third-order valence-corrected chi connectivity index (χ3v) is 4.37. The van der Waals surface area contributed by atoms with Gasteiger partial charge in [-0.2, -0.15) is 0 Å². The number of nitrogens with one attached hydrogen (secondary N) is 2. The minimum absolute atomic E-state index is 0.0328. The Balaban J connectivity index is 1.90. The van der Waals surface area contributed by atoms with E-state index in [0.29, 0.717) is 0 Å². The Hall–Kier alpha value is -1.26. The summed E-state index contributed by atoms with van der Waals surface area (Å²) in [4.78, 5) is 23.1. The molecular weight excluding hydrogens is 244 g/mol. The maximum atomic E-state index is 12.0. The molecule has 0 atom stereocenters. The Morgan fingerprint density at radius 2 is 1.68 bits per heavy atom. The molecule has 2 rings (SSSR count). The highest BCUT2D eigenvalue weighted by Crippen LogP contribution is 2.31. The number of carboxylic acid groups (broad SMARTS) is 1. The van der Waals surface area contributed by atoms with Crippen LogP contribution in [0.15, 0.2) is 0 Å². The average molecular weight is 268 g/mol. The van der Waals surface area contributed by atoms with Gasteiger partial charge in [-0.05, 0) is 25.7 Å². The van der Waals surface area contributed by atoms with Gasteiger partial charge in [-0.25, -0.2) is 4.79 Å². The lowest BCUT2D eigenvalue weighted by Gasteiger charge is -2.37. The monoisotopic (exact) mass is 268 g/mol. The van der Waals surface area contributed by atoms with Crippen molar-refractivity contribution in [2.45, 2.75) is 75.8 Å². The van der Waals surface area contributed by atoms with Gasteiger partial charge in [0.2, 0.25) is 0 Å². The van der Waals surface area contributed by atoms with Gasteiger partial charge >= 0.3 is 12.0 Å². The zero-order valence-corrected chi connectivity index (χ0v) is 11.4. The third-order valence-electron chi connectivity index (χ3n) is 4.37. The number of amides is 2. The van der Waals surface area contributed by atoms with Gasteiger partial charge in [0, 0.05) is 6.04 Å². The van der Waals surface area contributed by atoms with Crippen LogP contribution in [-0.2, 0) is 4.79 Å². The quantitative estimate of drug-likeness (QED) is 0.732. The highest BCUT2D eigenvalue weighted by molar-refractivity contribution is 5.77. The van der Waals surface area contributed by atoms with Crippen molar-refractivity contribution in [1.82, 2.24) is 10.6 Å². The van der Waals surface area contributed by atoms with E-state index in [-0.39, 0.29) is 18.5 Å². The molecule has 0 aromatic rings. The van der Waals surface area contributed by atoms with E-state index in [0.717, 1.165) is 44.9 Å². The highest BCUT2D eigenvalue weighted by atomic mass is 16.4. The number of urea groups is 1. The molecule has 0 heterocycles. The van der Waals surface area contributed by atoms with Gasteiger partial charge in [-0.1, -0.05) is 32.1 Å². The molecule has 0 unspecified atom stereocenters. The Kier molecular flexibility index (Phi) is 4.66. The van der Waals surface area contributed by atoms with Crippen molar-refractivity contribution in [3.05, 3.63) is 0 Å². The maximum Gasteiger partial charge on any atom is 0.315 e. The van der Waals surface area contributed by atoms with E-state index in [1.54, 1.807) is 0 Å². The standard InChI is InChI=1S/C14H24N2O3/c17-12(18)10-14(8-4-1-5-9-14)16-13(19)15-11-6-2-3-7-11/h11H,1-10H2,(H,17,18)(H2,15,16,19). The van der Waals surface area contributed by atoms with E-state index < -0.39 is 11.5 Å². The van der Waals surface area contributed by atoms with E-state index in [1.165, 1.54) is 12.8 Å². The van der Waals surface area contributed by atoms with Crippen LogP contribution in [0.4, 0.5) is 4.79 Å². The first kappa shape index (κ1) is 14.2. The van der Waals surface area contributed by atoms with Crippen LogP contribution in [0.2, 0.25) is 0 Å². The van der Waals surface area contributed by atoms with Crippen LogP contribution in [0.5, 0.6) is 0 Å². The molecule has 19 heavy (non-hydrogen) atoms. The Labute approximate surface area is 114 Å². The number of rotatable bonds is 4. The van der Waals surface area contributed by atoms with Crippen molar-refractivity contribution in [2.75, 3.05) is 0 Å². The van der Waals surface area contributed by atoms with Gasteiger partial charge in [0.25, 0.3) is 0 Å².